The van der Waals surface area contributed by atoms with Crippen molar-refractivity contribution in [1.82, 2.24) is 4.98 Å². The molecule has 0 amide bonds. The number of halogens is 3. The number of rotatable bonds is 1. The molecule has 0 aliphatic rings. The minimum absolute atomic E-state index is 0.471. The minimum atomic E-state index is 0.471. The van der Waals surface area contributed by atoms with Gasteiger partial charge in [0.25, 0.3) is 0 Å². The number of benzene rings is 2. The average molecular weight is 402 g/mol. The van der Waals surface area contributed by atoms with Gasteiger partial charge >= 0.3 is 0 Å². The fourth-order valence-electron chi connectivity index (χ4n) is 1.76. The molecule has 1 aromatic heterocycles. The topological polar surface area (TPSA) is 52.0 Å². The maximum atomic E-state index is 6.14. The highest BCUT2D eigenvalue weighted by atomic mass is 79.9. The molecule has 3 nitrogen and oxygen atoms in total. The van der Waals surface area contributed by atoms with Crippen molar-refractivity contribution in [1.29, 1.82) is 0 Å². The van der Waals surface area contributed by atoms with Crippen LogP contribution in [0.2, 0.25) is 5.02 Å². The second-order valence-corrected chi connectivity index (χ2v) is 5.99. The third-order valence-corrected chi connectivity index (χ3v) is 4.51. The summed E-state index contributed by atoms with van der Waals surface area (Å²) in [6.07, 6.45) is 0. The Morgan fingerprint density at radius 1 is 1.21 bits per heavy atom. The predicted molar refractivity (Wildman–Crippen MR) is 84.3 cm³/mol. The van der Waals surface area contributed by atoms with Crippen molar-refractivity contribution in [2.75, 3.05) is 5.73 Å². The first-order chi connectivity index (χ1) is 9.08. The fraction of sp³-hybridized carbons (Fsp3) is 0. The number of nitrogens with zero attached hydrogens (tertiary/aromatic N) is 1. The van der Waals surface area contributed by atoms with E-state index in [-0.39, 0.29) is 0 Å². The monoisotopic (exact) mass is 400 g/mol. The van der Waals surface area contributed by atoms with Crippen molar-refractivity contribution >= 4 is 60.2 Å². The predicted octanol–water partition coefficient (Wildman–Crippen LogP) is 5.26. The molecule has 3 aromatic rings. The van der Waals surface area contributed by atoms with E-state index < -0.39 is 0 Å². The normalized spacial score (nSPS) is 11.1. The van der Waals surface area contributed by atoms with Gasteiger partial charge in [-0.15, -0.1) is 0 Å². The lowest BCUT2D eigenvalue weighted by Crippen LogP contribution is -1.88. The van der Waals surface area contributed by atoms with Crippen molar-refractivity contribution < 1.29 is 4.42 Å². The lowest BCUT2D eigenvalue weighted by atomic mass is 10.2. The number of oxazole rings is 1. The van der Waals surface area contributed by atoms with Crippen molar-refractivity contribution in [2.45, 2.75) is 0 Å². The Morgan fingerprint density at radius 3 is 2.68 bits per heavy atom. The average Bonchev–Trinajstić information content (AvgIpc) is 2.80. The third-order valence-electron chi connectivity index (χ3n) is 2.72. The van der Waals surface area contributed by atoms with Crippen molar-refractivity contribution in [3.63, 3.8) is 0 Å². The number of nitrogens with two attached hydrogens (primary N) is 1. The van der Waals surface area contributed by atoms with Crippen LogP contribution in [0.4, 0.5) is 5.69 Å². The summed E-state index contributed by atoms with van der Waals surface area (Å²) in [6.45, 7) is 0. The van der Waals surface area contributed by atoms with Gasteiger partial charge in [0, 0.05) is 4.47 Å². The third kappa shape index (κ3) is 2.16. The Hall–Kier alpha value is -1.04. The molecule has 0 unspecified atom stereocenters. The van der Waals surface area contributed by atoms with Crippen LogP contribution in [-0.4, -0.2) is 4.98 Å². The second kappa shape index (κ2) is 4.81. The van der Waals surface area contributed by atoms with E-state index in [1.807, 2.05) is 18.2 Å². The highest BCUT2D eigenvalue weighted by Crippen LogP contribution is 2.38. The van der Waals surface area contributed by atoms with Crippen LogP contribution in [0.3, 0.4) is 0 Å². The van der Waals surface area contributed by atoms with Crippen molar-refractivity contribution in [2.24, 2.45) is 0 Å². The molecule has 1 heterocycles. The molecule has 0 aliphatic heterocycles. The summed E-state index contributed by atoms with van der Waals surface area (Å²) in [4.78, 5) is 4.45. The lowest BCUT2D eigenvalue weighted by Gasteiger charge is -1.99. The van der Waals surface area contributed by atoms with Crippen LogP contribution in [0.15, 0.2) is 43.7 Å². The first-order valence-corrected chi connectivity index (χ1v) is 7.33. The molecule has 0 atom stereocenters. The Bertz CT molecular complexity index is 786. The molecule has 0 saturated carbocycles. The summed E-state index contributed by atoms with van der Waals surface area (Å²) in [7, 11) is 0. The summed E-state index contributed by atoms with van der Waals surface area (Å²) in [5.74, 6) is 0.471. The molecule has 0 aliphatic carbocycles. The van der Waals surface area contributed by atoms with Gasteiger partial charge in [0.2, 0.25) is 5.89 Å². The van der Waals surface area contributed by atoms with Gasteiger partial charge in [-0.2, -0.15) is 0 Å². The lowest BCUT2D eigenvalue weighted by molar-refractivity contribution is 0.619. The molecular formula is C13H7Br2ClN2O. The molecular weight excluding hydrogens is 395 g/mol. The first kappa shape index (κ1) is 13.0. The summed E-state index contributed by atoms with van der Waals surface area (Å²) in [5.41, 5.74) is 8.58. The van der Waals surface area contributed by atoms with E-state index in [1.165, 1.54) is 0 Å². The molecule has 0 saturated heterocycles. The van der Waals surface area contributed by atoms with Gasteiger partial charge < -0.3 is 10.2 Å². The highest BCUT2D eigenvalue weighted by Gasteiger charge is 2.16. The summed E-state index contributed by atoms with van der Waals surface area (Å²) in [5, 5.41) is 0.595. The van der Waals surface area contributed by atoms with E-state index in [4.69, 9.17) is 21.8 Å². The largest absolute Gasteiger partial charge is 0.436 e. The van der Waals surface area contributed by atoms with E-state index >= 15 is 0 Å². The molecule has 96 valence electrons. The number of hydrogen-bond donors (Lipinski definition) is 1. The van der Waals surface area contributed by atoms with Gasteiger partial charge in [0.15, 0.2) is 5.58 Å². The van der Waals surface area contributed by atoms with Crippen molar-refractivity contribution in [3.8, 4) is 11.5 Å². The molecule has 3 rings (SSSR count). The molecule has 6 heteroatoms. The number of hydrogen-bond acceptors (Lipinski definition) is 3. The number of nitrogen functional groups attached to an aromatic ring is 1. The van der Waals surface area contributed by atoms with Gasteiger partial charge in [-0.05, 0) is 50.1 Å². The zero-order valence-electron chi connectivity index (χ0n) is 9.45. The van der Waals surface area contributed by atoms with E-state index in [2.05, 4.69) is 36.8 Å². The number of aromatic nitrogens is 1. The van der Waals surface area contributed by atoms with Gasteiger partial charge in [0.1, 0.15) is 5.52 Å². The zero-order chi connectivity index (χ0) is 13.6. The van der Waals surface area contributed by atoms with Crippen LogP contribution in [-0.2, 0) is 0 Å². The number of fused-ring (bicyclic) bond motifs is 1. The van der Waals surface area contributed by atoms with E-state index in [1.54, 1.807) is 12.1 Å². The van der Waals surface area contributed by atoms with Gasteiger partial charge in [-0.25, -0.2) is 4.98 Å². The molecule has 0 spiro atoms. The SMILES string of the molecule is Nc1c(Br)cc2oc(-c3ccccc3Cl)nc2c1Br. The number of anilines is 1. The quantitative estimate of drug-likeness (QED) is 0.565. The molecule has 0 radical (unpaired) electrons. The van der Waals surface area contributed by atoms with E-state index in [9.17, 15) is 0 Å². The fourth-order valence-corrected chi connectivity index (χ4v) is 3.15. The van der Waals surface area contributed by atoms with Crippen LogP contribution in [0.1, 0.15) is 0 Å². The Morgan fingerprint density at radius 2 is 1.95 bits per heavy atom. The molecule has 0 fully saturated rings. The summed E-state index contributed by atoms with van der Waals surface area (Å²) >= 11 is 12.9. The van der Waals surface area contributed by atoms with Crippen LogP contribution in [0.5, 0.6) is 0 Å². The first-order valence-electron chi connectivity index (χ1n) is 5.37. The maximum absolute atomic E-state index is 6.14. The molecule has 19 heavy (non-hydrogen) atoms. The molecule has 0 bridgehead atoms. The van der Waals surface area contributed by atoms with Crippen LogP contribution in [0.25, 0.3) is 22.6 Å². The van der Waals surface area contributed by atoms with Gasteiger partial charge in [-0.3, -0.25) is 0 Å². The van der Waals surface area contributed by atoms with Crippen LogP contribution < -0.4 is 5.73 Å². The Kier molecular flexibility index (Phi) is 3.28. The van der Waals surface area contributed by atoms with E-state index in [0.717, 1.165) is 10.0 Å². The minimum Gasteiger partial charge on any atom is -0.436 e. The van der Waals surface area contributed by atoms with Crippen LogP contribution in [0, 0.1) is 0 Å². The molecule has 2 aromatic carbocycles. The van der Waals surface area contributed by atoms with E-state index in [0.29, 0.717) is 32.2 Å². The maximum Gasteiger partial charge on any atom is 0.228 e. The Balaban J connectivity index is 2.29. The van der Waals surface area contributed by atoms with Gasteiger partial charge in [0.05, 0.1) is 20.7 Å². The van der Waals surface area contributed by atoms with Crippen LogP contribution >= 0.6 is 43.5 Å². The van der Waals surface area contributed by atoms with Crippen molar-refractivity contribution in [3.05, 3.63) is 44.3 Å². The standard InChI is InChI=1S/C13H7Br2ClN2O/c14-7-5-9-12(10(15)11(7)17)18-13(19-9)6-3-1-2-4-8(6)16/h1-5H,17H2. The zero-order valence-corrected chi connectivity index (χ0v) is 13.4. The smallest absolute Gasteiger partial charge is 0.228 e. The Labute approximate surface area is 131 Å². The summed E-state index contributed by atoms with van der Waals surface area (Å²) < 4.78 is 7.21. The molecule has 2 N–H and O–H groups in total. The second-order valence-electron chi connectivity index (χ2n) is 3.93. The van der Waals surface area contributed by atoms with Gasteiger partial charge in [-0.1, -0.05) is 23.7 Å². The summed E-state index contributed by atoms with van der Waals surface area (Å²) in [6, 6.07) is 9.20. The highest BCUT2D eigenvalue weighted by molar-refractivity contribution is 9.11.